The number of amides is 1. The third-order valence-electron chi connectivity index (χ3n) is 4.00. The van der Waals surface area contributed by atoms with Gasteiger partial charge >= 0.3 is 0 Å². The molecule has 1 aromatic carbocycles. The maximum Gasteiger partial charge on any atom is 0.234 e. The number of carbonyl (C=O) groups excluding carboxylic acids is 1. The number of nitrogens with zero attached hydrogens (tertiary/aromatic N) is 1. The lowest BCUT2D eigenvalue weighted by Gasteiger charge is -2.30. The highest BCUT2D eigenvalue weighted by Crippen LogP contribution is 2.27. The van der Waals surface area contributed by atoms with Crippen LogP contribution in [0.5, 0.6) is 0 Å². The van der Waals surface area contributed by atoms with Crippen LogP contribution in [0, 0.1) is 5.41 Å². The van der Waals surface area contributed by atoms with Crippen LogP contribution >= 0.6 is 0 Å². The summed E-state index contributed by atoms with van der Waals surface area (Å²) in [7, 11) is 0. The highest BCUT2D eigenvalue weighted by Gasteiger charge is 2.40. The van der Waals surface area contributed by atoms with Gasteiger partial charge in [0.2, 0.25) is 5.91 Å². The van der Waals surface area contributed by atoms with Gasteiger partial charge in [-0.3, -0.25) is 4.79 Å². The first-order valence-electron chi connectivity index (χ1n) is 7.33. The van der Waals surface area contributed by atoms with Crippen molar-refractivity contribution in [2.24, 2.45) is 16.3 Å². The van der Waals surface area contributed by atoms with Crippen molar-refractivity contribution in [2.45, 2.75) is 46.1 Å². The number of hydrogen-bond acceptors (Lipinski definition) is 3. The van der Waals surface area contributed by atoms with E-state index in [-0.39, 0.29) is 17.8 Å². The van der Waals surface area contributed by atoms with Crippen molar-refractivity contribution in [3.8, 4) is 0 Å². The quantitative estimate of drug-likeness (QED) is 0.312. The zero-order chi connectivity index (χ0) is 15.9. The normalized spacial score (nSPS) is 13.8. The zero-order valence-corrected chi connectivity index (χ0v) is 13.0. The van der Waals surface area contributed by atoms with Gasteiger partial charge in [-0.1, -0.05) is 49.3 Å². The van der Waals surface area contributed by atoms with Crippen LogP contribution in [-0.2, 0) is 11.2 Å². The van der Waals surface area contributed by atoms with Gasteiger partial charge in [0.15, 0.2) is 5.84 Å². The number of carbonyl (C=O) groups is 1. The second-order valence-corrected chi connectivity index (χ2v) is 5.34. The van der Waals surface area contributed by atoms with Crippen molar-refractivity contribution in [3.05, 3.63) is 35.9 Å². The van der Waals surface area contributed by atoms with Crippen LogP contribution in [0.15, 0.2) is 35.5 Å². The lowest BCUT2D eigenvalue weighted by atomic mass is 9.80. The Hall–Kier alpha value is -2.04. The second-order valence-electron chi connectivity index (χ2n) is 5.34. The average molecular weight is 291 g/mol. The molecule has 0 saturated heterocycles. The molecule has 116 valence electrons. The summed E-state index contributed by atoms with van der Waals surface area (Å²) < 4.78 is 0. The fraction of sp³-hybridized carbons (Fsp3) is 0.500. The molecule has 1 amide bonds. The van der Waals surface area contributed by atoms with E-state index in [1.54, 1.807) is 0 Å². The lowest BCUT2D eigenvalue weighted by molar-refractivity contribution is -0.128. The van der Waals surface area contributed by atoms with Crippen LogP contribution in [-0.4, -0.2) is 23.0 Å². The van der Waals surface area contributed by atoms with Gasteiger partial charge in [-0.15, -0.1) is 0 Å². The van der Waals surface area contributed by atoms with Gasteiger partial charge in [0, 0.05) is 6.04 Å². The van der Waals surface area contributed by atoms with Crippen LogP contribution in [0.4, 0.5) is 0 Å². The summed E-state index contributed by atoms with van der Waals surface area (Å²) in [4.78, 5) is 12.5. The predicted molar refractivity (Wildman–Crippen MR) is 84.2 cm³/mol. The summed E-state index contributed by atoms with van der Waals surface area (Å²) in [5.74, 6) is -0.219. The Morgan fingerprint density at radius 1 is 1.33 bits per heavy atom. The maximum atomic E-state index is 12.5. The number of amidine groups is 1. The molecule has 0 fully saturated rings. The lowest BCUT2D eigenvalue weighted by Crippen LogP contribution is -2.51. The number of nitrogens with two attached hydrogens (primary N) is 1. The molecule has 0 spiro atoms. The topological polar surface area (TPSA) is 87.7 Å². The van der Waals surface area contributed by atoms with Crippen molar-refractivity contribution < 1.29 is 10.0 Å². The summed E-state index contributed by atoms with van der Waals surface area (Å²) in [5, 5.41) is 15.0. The minimum Gasteiger partial charge on any atom is -0.409 e. The van der Waals surface area contributed by atoms with E-state index in [0.29, 0.717) is 12.8 Å². The molecule has 5 nitrogen and oxygen atoms in total. The average Bonchev–Trinajstić information content (AvgIpc) is 2.49. The van der Waals surface area contributed by atoms with Gasteiger partial charge in [-0.25, -0.2) is 0 Å². The zero-order valence-electron chi connectivity index (χ0n) is 13.0. The largest absolute Gasteiger partial charge is 0.409 e. The van der Waals surface area contributed by atoms with E-state index in [9.17, 15) is 4.79 Å². The molecular formula is C16H25N3O2. The van der Waals surface area contributed by atoms with E-state index in [2.05, 4.69) is 10.5 Å². The Morgan fingerprint density at radius 2 is 1.90 bits per heavy atom. The minimum absolute atomic E-state index is 0.0242. The molecule has 0 radical (unpaired) electrons. The monoisotopic (exact) mass is 291 g/mol. The molecule has 21 heavy (non-hydrogen) atoms. The Kier molecular flexibility index (Phi) is 6.21. The summed E-state index contributed by atoms with van der Waals surface area (Å²) in [5.41, 5.74) is 5.96. The van der Waals surface area contributed by atoms with Crippen LogP contribution in [0.1, 0.15) is 39.2 Å². The predicted octanol–water partition coefficient (Wildman–Crippen LogP) is 2.29. The third kappa shape index (κ3) is 3.97. The number of benzene rings is 1. The van der Waals surface area contributed by atoms with Gasteiger partial charge in [-0.2, -0.15) is 0 Å². The first-order chi connectivity index (χ1) is 10.00. The minimum atomic E-state index is -0.945. The Balaban J connectivity index is 2.78. The molecule has 5 heteroatoms. The Labute approximate surface area is 126 Å². The van der Waals surface area contributed by atoms with E-state index in [4.69, 9.17) is 10.9 Å². The SMILES string of the molecule is CCC(CC)(C(=O)NC(C)Cc1ccccc1)C(N)=NO. The van der Waals surface area contributed by atoms with Gasteiger partial charge in [-0.05, 0) is 31.7 Å². The fourth-order valence-corrected chi connectivity index (χ4v) is 2.53. The van der Waals surface area contributed by atoms with Gasteiger partial charge in [0.1, 0.15) is 5.41 Å². The number of oxime groups is 1. The summed E-state index contributed by atoms with van der Waals surface area (Å²) in [6.45, 7) is 5.68. The molecule has 1 atom stereocenters. The molecule has 1 aromatic rings. The van der Waals surface area contributed by atoms with Crippen LogP contribution < -0.4 is 11.1 Å². The highest BCUT2D eigenvalue weighted by molar-refractivity contribution is 6.06. The first-order valence-corrected chi connectivity index (χ1v) is 7.33. The summed E-state index contributed by atoms with van der Waals surface area (Å²) in [6, 6.07) is 9.94. The first kappa shape index (κ1) is 17.0. The fourth-order valence-electron chi connectivity index (χ4n) is 2.53. The maximum absolute atomic E-state index is 12.5. The molecule has 0 saturated carbocycles. The summed E-state index contributed by atoms with van der Waals surface area (Å²) in [6.07, 6.45) is 1.72. The Morgan fingerprint density at radius 3 is 2.38 bits per heavy atom. The second kappa shape index (κ2) is 7.67. The van der Waals surface area contributed by atoms with E-state index < -0.39 is 5.41 Å². The number of rotatable bonds is 7. The van der Waals surface area contributed by atoms with Gasteiger partial charge in [0.25, 0.3) is 0 Å². The van der Waals surface area contributed by atoms with Crippen LogP contribution in [0.2, 0.25) is 0 Å². The molecule has 0 aromatic heterocycles. The molecule has 0 aliphatic heterocycles. The van der Waals surface area contributed by atoms with Gasteiger partial charge in [0.05, 0.1) is 0 Å². The van der Waals surface area contributed by atoms with E-state index in [1.165, 1.54) is 0 Å². The van der Waals surface area contributed by atoms with Crippen LogP contribution in [0.25, 0.3) is 0 Å². The van der Waals surface area contributed by atoms with Crippen molar-refractivity contribution in [1.29, 1.82) is 0 Å². The molecule has 1 unspecified atom stereocenters. The van der Waals surface area contributed by atoms with E-state index >= 15 is 0 Å². The number of nitrogens with one attached hydrogen (secondary N) is 1. The van der Waals surface area contributed by atoms with Crippen LogP contribution in [0.3, 0.4) is 0 Å². The molecule has 4 N–H and O–H groups in total. The van der Waals surface area contributed by atoms with E-state index in [0.717, 1.165) is 12.0 Å². The molecule has 0 aliphatic carbocycles. The van der Waals surface area contributed by atoms with Crippen molar-refractivity contribution in [3.63, 3.8) is 0 Å². The molecule has 1 rings (SSSR count). The summed E-state index contributed by atoms with van der Waals surface area (Å²) >= 11 is 0. The smallest absolute Gasteiger partial charge is 0.234 e. The molecule has 0 bridgehead atoms. The third-order valence-corrected chi connectivity index (χ3v) is 4.00. The van der Waals surface area contributed by atoms with Crippen molar-refractivity contribution in [1.82, 2.24) is 5.32 Å². The Bertz CT molecular complexity index is 482. The number of hydrogen-bond donors (Lipinski definition) is 3. The highest BCUT2D eigenvalue weighted by atomic mass is 16.4. The van der Waals surface area contributed by atoms with E-state index in [1.807, 2.05) is 51.1 Å². The molecule has 0 aliphatic rings. The molecule has 0 heterocycles. The van der Waals surface area contributed by atoms with Gasteiger partial charge < -0.3 is 16.3 Å². The van der Waals surface area contributed by atoms with Crippen molar-refractivity contribution >= 4 is 11.7 Å². The standard InChI is InChI=1S/C16H25N3O2/c1-4-16(5-2,14(17)19-21)15(20)18-12(3)11-13-9-7-6-8-10-13/h6-10,12,21H,4-5,11H2,1-3H3,(H2,17,19)(H,18,20). The van der Waals surface area contributed by atoms with Crippen molar-refractivity contribution in [2.75, 3.05) is 0 Å². The molecular weight excluding hydrogens is 266 g/mol.